The third-order valence-corrected chi connectivity index (χ3v) is 2.35. The Balaban J connectivity index is 2.00. The summed E-state index contributed by atoms with van der Waals surface area (Å²) in [4.78, 5) is 17.6. The van der Waals surface area contributed by atoms with Crippen LogP contribution in [0.1, 0.15) is 0 Å². The summed E-state index contributed by atoms with van der Waals surface area (Å²) in [5.41, 5.74) is 5.94. The van der Waals surface area contributed by atoms with Crippen molar-refractivity contribution in [2.45, 2.75) is 0 Å². The van der Waals surface area contributed by atoms with Crippen LogP contribution in [0.2, 0.25) is 0 Å². The van der Waals surface area contributed by atoms with Gasteiger partial charge in [-0.1, -0.05) is 0 Å². The van der Waals surface area contributed by atoms with Gasteiger partial charge in [0.2, 0.25) is 5.95 Å². The second-order valence-electron chi connectivity index (χ2n) is 3.81. The average molecular weight is 275 g/mol. The van der Waals surface area contributed by atoms with Crippen LogP contribution in [0.3, 0.4) is 0 Å². The summed E-state index contributed by atoms with van der Waals surface area (Å²) < 4.78 is 5.34. The monoisotopic (exact) mass is 275 g/mol. The van der Waals surface area contributed by atoms with Crippen LogP contribution in [-0.4, -0.2) is 28.0 Å². The van der Waals surface area contributed by atoms with Crippen molar-refractivity contribution < 1.29 is 9.66 Å². The van der Waals surface area contributed by atoms with E-state index in [1.54, 1.807) is 24.3 Å². The number of nitro groups is 1. The van der Waals surface area contributed by atoms with Gasteiger partial charge in [-0.2, -0.15) is 0 Å². The van der Waals surface area contributed by atoms with Gasteiger partial charge in [-0.05, 0) is 24.3 Å². The first-order valence-corrected chi connectivity index (χ1v) is 5.85. The minimum Gasteiger partial charge on any atom is -0.492 e. The summed E-state index contributed by atoms with van der Waals surface area (Å²) in [7, 11) is 0. The lowest BCUT2D eigenvalue weighted by Gasteiger charge is -2.07. The number of ether oxygens (including phenoxy) is 1. The molecule has 0 atom stereocenters. The second-order valence-corrected chi connectivity index (χ2v) is 3.81. The number of hydrogen-bond donors (Lipinski definition) is 2. The van der Waals surface area contributed by atoms with Crippen LogP contribution in [0.5, 0.6) is 5.75 Å². The number of nitrogens with two attached hydrogens (primary N) is 1. The lowest BCUT2D eigenvalue weighted by Crippen LogP contribution is -2.10. The van der Waals surface area contributed by atoms with Crippen molar-refractivity contribution in [3.8, 4) is 5.75 Å². The van der Waals surface area contributed by atoms with Gasteiger partial charge in [0, 0.05) is 12.2 Å². The van der Waals surface area contributed by atoms with E-state index in [0.29, 0.717) is 18.9 Å². The highest BCUT2D eigenvalue weighted by atomic mass is 16.6. The number of hydrogen-bond acceptors (Lipinski definition) is 7. The number of aromatic nitrogens is 2. The molecule has 0 aliphatic rings. The molecule has 1 heterocycles. The molecule has 0 fully saturated rings. The third-order valence-electron chi connectivity index (χ3n) is 2.35. The molecule has 0 saturated heterocycles. The van der Waals surface area contributed by atoms with Crippen LogP contribution >= 0.6 is 0 Å². The number of nitrogens with one attached hydrogen (secondary N) is 1. The van der Waals surface area contributed by atoms with E-state index in [9.17, 15) is 10.1 Å². The molecule has 8 heteroatoms. The van der Waals surface area contributed by atoms with Crippen LogP contribution in [0.25, 0.3) is 0 Å². The van der Waals surface area contributed by atoms with E-state index < -0.39 is 4.92 Å². The lowest BCUT2D eigenvalue weighted by atomic mass is 10.3. The van der Waals surface area contributed by atoms with Gasteiger partial charge in [0.25, 0.3) is 0 Å². The molecular weight excluding hydrogens is 262 g/mol. The normalized spacial score (nSPS) is 10.1. The molecule has 3 N–H and O–H groups in total. The van der Waals surface area contributed by atoms with Crippen molar-refractivity contribution in [3.63, 3.8) is 0 Å². The Hall–Kier alpha value is -2.74. The zero-order valence-electron chi connectivity index (χ0n) is 10.5. The molecule has 0 radical (unpaired) electrons. The molecule has 0 bridgehead atoms. The summed E-state index contributed by atoms with van der Waals surface area (Å²) in [6.45, 7) is 0.912. The summed E-state index contributed by atoms with van der Waals surface area (Å²) in [5, 5.41) is 13.4. The highest BCUT2D eigenvalue weighted by Gasteiger charge is 2.06. The minimum absolute atomic E-state index is 0.152. The lowest BCUT2D eigenvalue weighted by molar-refractivity contribution is -0.385. The topological polar surface area (TPSA) is 116 Å². The molecule has 1 aromatic carbocycles. The van der Waals surface area contributed by atoms with Crippen molar-refractivity contribution in [3.05, 3.63) is 46.8 Å². The first-order chi connectivity index (χ1) is 9.69. The predicted octanol–water partition coefficient (Wildman–Crippen LogP) is 1.47. The first kappa shape index (κ1) is 13.7. The van der Waals surface area contributed by atoms with Gasteiger partial charge in [0.05, 0.1) is 4.92 Å². The summed E-state index contributed by atoms with van der Waals surface area (Å²) >= 11 is 0. The Kier molecular flexibility index (Phi) is 4.40. The SMILES string of the molecule is NCCOc1ccc(Nc2ncc([N+](=O)[O-])cn2)cc1. The molecule has 0 amide bonds. The minimum atomic E-state index is -0.548. The van der Waals surface area contributed by atoms with Crippen molar-refractivity contribution in [1.82, 2.24) is 9.97 Å². The average Bonchev–Trinajstić information content (AvgIpc) is 2.47. The van der Waals surface area contributed by atoms with Crippen molar-refractivity contribution in [1.29, 1.82) is 0 Å². The van der Waals surface area contributed by atoms with E-state index in [4.69, 9.17) is 10.5 Å². The van der Waals surface area contributed by atoms with E-state index in [1.807, 2.05) is 0 Å². The summed E-state index contributed by atoms with van der Waals surface area (Å²) in [6, 6.07) is 7.14. The summed E-state index contributed by atoms with van der Waals surface area (Å²) in [5.74, 6) is 0.997. The Bertz CT molecular complexity index is 571. The van der Waals surface area contributed by atoms with Crippen LogP contribution in [0, 0.1) is 10.1 Å². The molecular formula is C12H13N5O3. The molecule has 0 aliphatic heterocycles. The Morgan fingerprint density at radius 2 is 1.90 bits per heavy atom. The van der Waals surface area contributed by atoms with Crippen LogP contribution < -0.4 is 15.8 Å². The number of nitrogens with zero attached hydrogens (tertiary/aromatic N) is 3. The van der Waals surface area contributed by atoms with Crippen molar-refractivity contribution >= 4 is 17.3 Å². The maximum Gasteiger partial charge on any atom is 0.305 e. The molecule has 2 rings (SSSR count). The predicted molar refractivity (Wildman–Crippen MR) is 73.0 cm³/mol. The van der Waals surface area contributed by atoms with E-state index >= 15 is 0 Å². The van der Waals surface area contributed by atoms with Gasteiger partial charge in [0.1, 0.15) is 24.8 Å². The molecule has 0 unspecified atom stereocenters. The quantitative estimate of drug-likeness (QED) is 0.605. The number of rotatable bonds is 6. The molecule has 104 valence electrons. The molecule has 0 saturated carbocycles. The van der Waals surface area contributed by atoms with Gasteiger partial charge in [-0.3, -0.25) is 10.1 Å². The van der Waals surface area contributed by atoms with E-state index in [1.165, 1.54) is 0 Å². The number of anilines is 2. The number of benzene rings is 1. The van der Waals surface area contributed by atoms with E-state index in [2.05, 4.69) is 15.3 Å². The molecule has 8 nitrogen and oxygen atoms in total. The fraction of sp³-hybridized carbons (Fsp3) is 0.167. The third kappa shape index (κ3) is 3.62. The maximum absolute atomic E-state index is 10.5. The van der Waals surface area contributed by atoms with Gasteiger partial charge >= 0.3 is 5.69 Å². The smallest absolute Gasteiger partial charge is 0.305 e. The van der Waals surface area contributed by atoms with Gasteiger partial charge in [0.15, 0.2) is 0 Å². The fourth-order valence-electron chi connectivity index (χ4n) is 1.42. The zero-order chi connectivity index (χ0) is 14.4. The van der Waals surface area contributed by atoms with Gasteiger partial charge < -0.3 is 15.8 Å². The molecule has 1 aromatic heterocycles. The van der Waals surface area contributed by atoms with E-state index in [-0.39, 0.29) is 11.6 Å². The standard InChI is InChI=1S/C12H13N5O3/c13-5-6-20-11-3-1-9(2-4-11)16-12-14-7-10(8-15-12)17(18)19/h1-4,7-8H,5-6,13H2,(H,14,15,16). The molecule has 2 aromatic rings. The first-order valence-electron chi connectivity index (χ1n) is 5.85. The van der Waals surface area contributed by atoms with Crippen LogP contribution in [0.15, 0.2) is 36.7 Å². The second kappa shape index (κ2) is 6.43. The Labute approximate surface area is 114 Å². The highest BCUT2D eigenvalue weighted by molar-refractivity contribution is 5.54. The molecule has 20 heavy (non-hydrogen) atoms. The summed E-state index contributed by atoms with van der Waals surface area (Å²) in [6.07, 6.45) is 2.29. The van der Waals surface area contributed by atoms with Crippen LogP contribution in [-0.2, 0) is 0 Å². The fourth-order valence-corrected chi connectivity index (χ4v) is 1.42. The molecule has 0 spiro atoms. The van der Waals surface area contributed by atoms with Gasteiger partial charge in [-0.15, -0.1) is 0 Å². The van der Waals surface area contributed by atoms with Crippen molar-refractivity contribution in [2.75, 3.05) is 18.5 Å². The molecule has 0 aliphatic carbocycles. The maximum atomic E-state index is 10.5. The highest BCUT2D eigenvalue weighted by Crippen LogP contribution is 2.18. The Morgan fingerprint density at radius 1 is 1.25 bits per heavy atom. The zero-order valence-corrected chi connectivity index (χ0v) is 10.5. The Morgan fingerprint density at radius 3 is 2.45 bits per heavy atom. The van der Waals surface area contributed by atoms with E-state index in [0.717, 1.165) is 18.1 Å². The van der Waals surface area contributed by atoms with Gasteiger partial charge in [-0.25, -0.2) is 9.97 Å². The largest absolute Gasteiger partial charge is 0.492 e. The van der Waals surface area contributed by atoms with Crippen molar-refractivity contribution in [2.24, 2.45) is 5.73 Å². The van der Waals surface area contributed by atoms with Crippen LogP contribution in [0.4, 0.5) is 17.3 Å².